The molecule has 0 saturated heterocycles. The molecule has 0 unspecified atom stereocenters. The van der Waals surface area contributed by atoms with Gasteiger partial charge in [-0.2, -0.15) is 0 Å². The topological polar surface area (TPSA) is 106 Å². The lowest BCUT2D eigenvalue weighted by Crippen LogP contribution is -2.25. The Kier molecular flexibility index (Phi) is 7.40. The number of halogens is 3. The van der Waals surface area contributed by atoms with Gasteiger partial charge in [-0.3, -0.25) is 9.10 Å². The highest BCUT2D eigenvalue weighted by Gasteiger charge is 2.27. The molecule has 8 nitrogen and oxygen atoms in total. The molecule has 0 fully saturated rings. The summed E-state index contributed by atoms with van der Waals surface area (Å²) in [7, 11) is -1.03. The third-order valence-corrected chi connectivity index (χ3v) is 8.85. The Morgan fingerprint density at radius 2 is 1.64 bits per heavy atom. The maximum Gasteiger partial charge on any atom is 0.264 e. The molecule has 0 aliphatic rings. The van der Waals surface area contributed by atoms with Crippen LogP contribution in [0.25, 0.3) is 56.0 Å². The highest BCUT2D eigenvalue weighted by atomic mass is 32.2. The average Bonchev–Trinajstić information content (AvgIpc) is 3.62. The third-order valence-electron chi connectivity index (χ3n) is 7.65. The number of oxazole rings is 1. The van der Waals surface area contributed by atoms with E-state index in [1.807, 2.05) is 13.0 Å². The van der Waals surface area contributed by atoms with E-state index in [1.165, 1.54) is 62.6 Å². The lowest BCUT2D eigenvalue weighted by Gasteiger charge is -2.21. The molecule has 2 aromatic heterocycles. The highest BCUT2D eigenvalue weighted by molar-refractivity contribution is 7.92. The predicted molar refractivity (Wildman–Crippen MR) is 166 cm³/mol. The van der Waals surface area contributed by atoms with Crippen LogP contribution in [0.4, 0.5) is 18.9 Å². The number of nitrogens with zero attached hydrogens (tertiary/aromatic N) is 2. The van der Waals surface area contributed by atoms with Crippen molar-refractivity contribution in [2.75, 3.05) is 24.7 Å². The minimum Gasteiger partial charge on any atom is -0.455 e. The van der Waals surface area contributed by atoms with Crippen molar-refractivity contribution in [2.45, 2.75) is 13.3 Å². The van der Waals surface area contributed by atoms with Crippen LogP contribution in [-0.2, 0) is 10.0 Å². The molecular weight excluding hydrogens is 607 g/mol. The van der Waals surface area contributed by atoms with Crippen molar-refractivity contribution in [1.29, 1.82) is 0 Å². The Balaban J connectivity index is 1.65. The maximum absolute atomic E-state index is 14.3. The highest BCUT2D eigenvalue weighted by Crippen LogP contribution is 2.43. The van der Waals surface area contributed by atoms with Crippen molar-refractivity contribution < 1.29 is 35.2 Å². The molecule has 2 heterocycles. The SMILES string of the molecule is CNC(=O)c1c(-c2ccc(F)cc2)oc2cc(N(C)S(C)(=O)=O)c(-c3ccc(C(F)F)c(-c4nc5c(C)cccc5o4)c3)cc12. The van der Waals surface area contributed by atoms with Crippen molar-refractivity contribution in [3.8, 4) is 33.9 Å². The number of alkyl halides is 2. The lowest BCUT2D eigenvalue weighted by atomic mass is 9.95. The minimum absolute atomic E-state index is 0.0245. The molecule has 0 atom stereocenters. The molecule has 0 aliphatic heterocycles. The van der Waals surface area contributed by atoms with Gasteiger partial charge in [-0.15, -0.1) is 0 Å². The summed E-state index contributed by atoms with van der Waals surface area (Å²) in [4.78, 5) is 17.7. The largest absolute Gasteiger partial charge is 0.455 e. The molecule has 230 valence electrons. The Labute approximate surface area is 256 Å². The van der Waals surface area contributed by atoms with Crippen LogP contribution < -0.4 is 9.62 Å². The Hall–Kier alpha value is -5.10. The summed E-state index contributed by atoms with van der Waals surface area (Å²) in [6.45, 7) is 1.83. The quantitative estimate of drug-likeness (QED) is 0.193. The standard InChI is InChI=1S/C33H26F3N3O5S/c1-17-6-5-7-26-29(17)38-33(44-26)23-14-19(10-13-21(23)31(35)36)22-15-24-27(16-25(22)39(3)45(4,41)42)43-30(28(24)32(40)37-2)18-8-11-20(34)12-9-18/h5-16,31H,1-4H3,(H,37,40). The van der Waals surface area contributed by atoms with Crippen LogP contribution in [0.1, 0.15) is 27.9 Å². The van der Waals surface area contributed by atoms with E-state index in [1.54, 1.807) is 18.2 Å². The van der Waals surface area contributed by atoms with E-state index in [-0.39, 0.29) is 39.6 Å². The van der Waals surface area contributed by atoms with Crippen molar-refractivity contribution in [3.63, 3.8) is 0 Å². The second kappa shape index (κ2) is 11.1. The van der Waals surface area contributed by atoms with Crippen LogP contribution in [0.5, 0.6) is 0 Å². The van der Waals surface area contributed by atoms with E-state index in [4.69, 9.17) is 8.83 Å². The van der Waals surface area contributed by atoms with Gasteiger partial charge in [0.1, 0.15) is 22.7 Å². The second-order valence-electron chi connectivity index (χ2n) is 10.5. The van der Waals surface area contributed by atoms with Crippen molar-refractivity contribution >= 4 is 43.7 Å². The number of hydrogen-bond donors (Lipinski definition) is 1. The maximum atomic E-state index is 14.3. The number of aryl methyl sites for hydroxylation is 1. The van der Waals surface area contributed by atoms with Gasteiger partial charge in [0.2, 0.25) is 15.9 Å². The van der Waals surface area contributed by atoms with Gasteiger partial charge in [-0.25, -0.2) is 26.6 Å². The van der Waals surface area contributed by atoms with E-state index in [0.29, 0.717) is 33.2 Å². The summed E-state index contributed by atoms with van der Waals surface area (Å²) in [6.07, 6.45) is -1.84. The fourth-order valence-corrected chi connectivity index (χ4v) is 5.77. The zero-order valence-electron chi connectivity index (χ0n) is 24.5. The van der Waals surface area contributed by atoms with E-state index in [9.17, 15) is 26.4 Å². The summed E-state index contributed by atoms with van der Waals surface area (Å²) in [6, 6.07) is 17.9. The number of furan rings is 1. The van der Waals surface area contributed by atoms with E-state index in [2.05, 4.69) is 10.3 Å². The first-order chi connectivity index (χ1) is 21.4. The number of nitrogens with one attached hydrogen (secondary N) is 1. The molecule has 1 amide bonds. The second-order valence-corrected chi connectivity index (χ2v) is 12.5. The molecule has 0 bridgehead atoms. The molecule has 6 aromatic rings. The first-order valence-corrected chi connectivity index (χ1v) is 15.5. The Morgan fingerprint density at radius 3 is 2.29 bits per heavy atom. The van der Waals surface area contributed by atoms with E-state index in [0.717, 1.165) is 16.1 Å². The van der Waals surface area contributed by atoms with Gasteiger partial charge in [0.05, 0.1) is 17.5 Å². The van der Waals surface area contributed by atoms with Gasteiger partial charge in [-0.05, 0) is 60.5 Å². The van der Waals surface area contributed by atoms with Crippen LogP contribution in [0.15, 0.2) is 81.6 Å². The summed E-state index contributed by atoms with van der Waals surface area (Å²) < 4.78 is 80.8. The zero-order valence-corrected chi connectivity index (χ0v) is 25.3. The number of fused-ring (bicyclic) bond motifs is 2. The van der Waals surface area contributed by atoms with Crippen LogP contribution in [0.3, 0.4) is 0 Å². The number of carbonyl (C=O) groups is 1. The van der Waals surface area contributed by atoms with Gasteiger partial charge in [0.15, 0.2) is 5.58 Å². The summed E-state index contributed by atoms with van der Waals surface area (Å²) in [5, 5.41) is 2.91. The molecular formula is C33H26F3N3O5S. The number of anilines is 1. The average molecular weight is 634 g/mol. The first-order valence-electron chi connectivity index (χ1n) is 13.7. The predicted octanol–water partition coefficient (Wildman–Crippen LogP) is 7.72. The normalized spacial score (nSPS) is 11.9. The van der Waals surface area contributed by atoms with Crippen LogP contribution in [0.2, 0.25) is 0 Å². The smallest absolute Gasteiger partial charge is 0.264 e. The van der Waals surface area contributed by atoms with E-state index < -0.39 is 28.2 Å². The van der Waals surface area contributed by atoms with Crippen LogP contribution in [0, 0.1) is 12.7 Å². The van der Waals surface area contributed by atoms with Gasteiger partial charge in [0, 0.05) is 47.8 Å². The molecule has 0 spiro atoms. The Bertz CT molecular complexity index is 2220. The molecule has 0 saturated carbocycles. The number of rotatable bonds is 7. The monoisotopic (exact) mass is 633 g/mol. The van der Waals surface area contributed by atoms with Crippen molar-refractivity contribution in [1.82, 2.24) is 10.3 Å². The molecule has 45 heavy (non-hydrogen) atoms. The van der Waals surface area contributed by atoms with Crippen molar-refractivity contribution in [2.24, 2.45) is 0 Å². The number of aromatic nitrogens is 1. The lowest BCUT2D eigenvalue weighted by molar-refractivity contribution is 0.0964. The molecule has 6 rings (SSSR count). The zero-order chi connectivity index (χ0) is 32.2. The van der Waals surface area contributed by atoms with Gasteiger partial charge in [0.25, 0.3) is 12.3 Å². The van der Waals surface area contributed by atoms with Gasteiger partial charge >= 0.3 is 0 Å². The number of para-hydroxylation sites is 1. The number of benzene rings is 4. The Morgan fingerprint density at radius 1 is 0.933 bits per heavy atom. The third kappa shape index (κ3) is 5.31. The van der Waals surface area contributed by atoms with Crippen LogP contribution >= 0.6 is 0 Å². The number of amides is 1. The molecule has 0 aliphatic carbocycles. The first kappa shape index (κ1) is 29.9. The molecule has 0 radical (unpaired) electrons. The number of sulfonamides is 1. The van der Waals surface area contributed by atoms with Crippen LogP contribution in [-0.4, -0.2) is 39.7 Å². The fraction of sp³-hybridized carbons (Fsp3) is 0.152. The summed E-state index contributed by atoms with van der Waals surface area (Å²) in [5.41, 5.74) is 3.02. The van der Waals surface area contributed by atoms with Gasteiger partial charge in [-0.1, -0.05) is 24.3 Å². The summed E-state index contributed by atoms with van der Waals surface area (Å²) >= 11 is 0. The molecule has 12 heteroatoms. The molecule has 4 aromatic carbocycles. The van der Waals surface area contributed by atoms with Gasteiger partial charge < -0.3 is 14.2 Å². The summed E-state index contributed by atoms with van der Waals surface area (Å²) in [5.74, 6) is -0.861. The van der Waals surface area contributed by atoms with E-state index >= 15 is 0 Å². The molecule has 1 N–H and O–H groups in total. The van der Waals surface area contributed by atoms with Crippen molar-refractivity contribution in [3.05, 3.63) is 95.3 Å². The minimum atomic E-state index is -3.82. The number of hydrogen-bond acceptors (Lipinski definition) is 6. The number of carbonyl (C=O) groups excluding carboxylic acids is 1. The fourth-order valence-electron chi connectivity index (χ4n) is 5.26.